The summed E-state index contributed by atoms with van der Waals surface area (Å²) in [5.41, 5.74) is 2.78. The molecule has 0 saturated carbocycles. The Labute approximate surface area is 129 Å². The van der Waals surface area contributed by atoms with Gasteiger partial charge in [-0.1, -0.05) is 6.07 Å². The van der Waals surface area contributed by atoms with Crippen LogP contribution >= 0.6 is 15.9 Å². The normalized spacial score (nSPS) is 10.8. The van der Waals surface area contributed by atoms with Crippen LogP contribution in [0.5, 0.6) is 0 Å². The Morgan fingerprint density at radius 1 is 1.10 bits per heavy atom. The van der Waals surface area contributed by atoms with Gasteiger partial charge in [0.25, 0.3) is 0 Å². The van der Waals surface area contributed by atoms with Crippen LogP contribution in [0.3, 0.4) is 0 Å². The first-order chi connectivity index (χ1) is 10.0. The molecule has 2 aromatic carbocycles. The van der Waals surface area contributed by atoms with E-state index in [1.165, 1.54) is 18.2 Å². The van der Waals surface area contributed by atoms with Crippen molar-refractivity contribution in [2.45, 2.75) is 6.92 Å². The SMILES string of the molecule is Cc1ccc2cc(C(=O)c3ccc(F)cc3Br)ccc2n1. The third kappa shape index (κ3) is 2.72. The molecule has 0 radical (unpaired) electrons. The van der Waals surface area contributed by atoms with Gasteiger partial charge in [0.05, 0.1) is 5.52 Å². The van der Waals surface area contributed by atoms with Gasteiger partial charge in [-0.15, -0.1) is 0 Å². The third-order valence-corrected chi connectivity index (χ3v) is 3.92. The predicted molar refractivity (Wildman–Crippen MR) is 84.0 cm³/mol. The summed E-state index contributed by atoms with van der Waals surface area (Å²) >= 11 is 3.23. The molecular weight excluding hydrogens is 333 g/mol. The molecule has 0 spiro atoms. The molecule has 0 aliphatic heterocycles. The van der Waals surface area contributed by atoms with E-state index in [0.717, 1.165) is 16.6 Å². The number of nitrogens with zero attached hydrogens (tertiary/aromatic N) is 1. The van der Waals surface area contributed by atoms with Crippen molar-refractivity contribution in [3.05, 3.63) is 75.6 Å². The number of hydrogen-bond acceptors (Lipinski definition) is 2. The highest BCUT2D eigenvalue weighted by atomic mass is 79.9. The molecular formula is C17H11BrFNO. The highest BCUT2D eigenvalue weighted by molar-refractivity contribution is 9.10. The molecule has 1 aromatic heterocycles. The van der Waals surface area contributed by atoms with Crippen LogP contribution in [0, 0.1) is 12.7 Å². The second kappa shape index (κ2) is 5.37. The molecule has 3 rings (SSSR count). The zero-order valence-corrected chi connectivity index (χ0v) is 12.8. The number of carbonyl (C=O) groups excluding carboxylic acids is 1. The maximum Gasteiger partial charge on any atom is 0.194 e. The van der Waals surface area contributed by atoms with Gasteiger partial charge < -0.3 is 0 Å². The van der Waals surface area contributed by atoms with Crippen LogP contribution < -0.4 is 0 Å². The van der Waals surface area contributed by atoms with Crippen LogP contribution in [0.25, 0.3) is 10.9 Å². The Morgan fingerprint density at radius 3 is 2.67 bits per heavy atom. The van der Waals surface area contributed by atoms with E-state index in [1.807, 2.05) is 25.1 Å². The van der Waals surface area contributed by atoms with Gasteiger partial charge in [0, 0.05) is 26.7 Å². The second-order valence-electron chi connectivity index (χ2n) is 4.81. The van der Waals surface area contributed by atoms with Gasteiger partial charge in [-0.25, -0.2) is 4.39 Å². The first-order valence-electron chi connectivity index (χ1n) is 6.42. The molecule has 0 aliphatic rings. The number of carbonyl (C=O) groups is 1. The summed E-state index contributed by atoms with van der Waals surface area (Å²) in [6.45, 7) is 1.92. The number of benzene rings is 2. The largest absolute Gasteiger partial charge is 0.289 e. The fourth-order valence-electron chi connectivity index (χ4n) is 2.20. The lowest BCUT2D eigenvalue weighted by molar-refractivity contribution is 0.103. The van der Waals surface area contributed by atoms with Gasteiger partial charge in [-0.05, 0) is 65.3 Å². The van der Waals surface area contributed by atoms with Crippen molar-refractivity contribution in [2.75, 3.05) is 0 Å². The Kier molecular flexibility index (Phi) is 3.55. The standard InChI is InChI=1S/C17H11BrFNO/c1-10-2-3-11-8-12(4-7-16(11)20-10)17(21)14-6-5-13(19)9-15(14)18/h2-9H,1H3. The molecule has 3 aromatic rings. The first-order valence-corrected chi connectivity index (χ1v) is 7.21. The van der Waals surface area contributed by atoms with Crippen molar-refractivity contribution in [3.63, 3.8) is 0 Å². The summed E-state index contributed by atoms with van der Waals surface area (Å²) in [4.78, 5) is 16.9. The molecule has 0 bridgehead atoms. The minimum Gasteiger partial charge on any atom is -0.289 e. The maximum atomic E-state index is 13.1. The number of hydrogen-bond donors (Lipinski definition) is 0. The Balaban J connectivity index is 2.07. The molecule has 21 heavy (non-hydrogen) atoms. The first kappa shape index (κ1) is 13.9. The minimum atomic E-state index is -0.378. The average Bonchev–Trinajstić information content (AvgIpc) is 2.46. The van der Waals surface area contributed by atoms with E-state index in [2.05, 4.69) is 20.9 Å². The quantitative estimate of drug-likeness (QED) is 0.632. The van der Waals surface area contributed by atoms with E-state index in [0.29, 0.717) is 15.6 Å². The number of pyridine rings is 1. The van der Waals surface area contributed by atoms with Gasteiger partial charge in [0.1, 0.15) is 5.82 Å². The summed E-state index contributed by atoms with van der Waals surface area (Å²) in [5.74, 6) is -0.527. The summed E-state index contributed by atoms with van der Waals surface area (Å²) in [6.07, 6.45) is 0. The lowest BCUT2D eigenvalue weighted by Crippen LogP contribution is -2.02. The van der Waals surface area contributed by atoms with E-state index < -0.39 is 0 Å². The number of aromatic nitrogens is 1. The summed E-state index contributed by atoms with van der Waals surface area (Å²) in [6, 6.07) is 13.3. The fourth-order valence-corrected chi connectivity index (χ4v) is 2.73. The van der Waals surface area contributed by atoms with Gasteiger partial charge in [0.15, 0.2) is 5.78 Å². The number of aryl methyl sites for hydroxylation is 1. The molecule has 4 heteroatoms. The Morgan fingerprint density at radius 2 is 1.90 bits per heavy atom. The van der Waals surface area contributed by atoms with E-state index in [1.54, 1.807) is 12.1 Å². The van der Waals surface area contributed by atoms with E-state index in [9.17, 15) is 9.18 Å². The van der Waals surface area contributed by atoms with Gasteiger partial charge in [-0.2, -0.15) is 0 Å². The number of ketones is 1. The van der Waals surface area contributed by atoms with Gasteiger partial charge in [-0.3, -0.25) is 9.78 Å². The third-order valence-electron chi connectivity index (χ3n) is 3.27. The van der Waals surface area contributed by atoms with E-state index in [4.69, 9.17) is 0 Å². The van der Waals surface area contributed by atoms with E-state index in [-0.39, 0.29) is 11.6 Å². The van der Waals surface area contributed by atoms with Crippen LogP contribution in [-0.2, 0) is 0 Å². The fraction of sp³-hybridized carbons (Fsp3) is 0.0588. The number of fused-ring (bicyclic) bond motifs is 1. The molecule has 0 amide bonds. The average molecular weight is 344 g/mol. The molecule has 0 atom stereocenters. The monoisotopic (exact) mass is 343 g/mol. The van der Waals surface area contributed by atoms with Crippen LogP contribution in [0.1, 0.15) is 21.6 Å². The van der Waals surface area contributed by atoms with Crippen LogP contribution in [0.4, 0.5) is 4.39 Å². The summed E-state index contributed by atoms with van der Waals surface area (Å²) in [5, 5.41) is 0.907. The lowest BCUT2D eigenvalue weighted by Gasteiger charge is -2.06. The smallest absolute Gasteiger partial charge is 0.194 e. The molecule has 2 nitrogen and oxygen atoms in total. The maximum absolute atomic E-state index is 13.1. The van der Waals surface area contributed by atoms with E-state index >= 15 is 0 Å². The highest BCUT2D eigenvalue weighted by Crippen LogP contribution is 2.23. The Hall–Kier alpha value is -2.07. The van der Waals surface area contributed by atoms with Crippen molar-refractivity contribution in [1.82, 2.24) is 4.98 Å². The second-order valence-corrected chi connectivity index (χ2v) is 5.67. The zero-order valence-electron chi connectivity index (χ0n) is 11.2. The molecule has 104 valence electrons. The molecule has 0 aliphatic carbocycles. The van der Waals surface area contributed by atoms with Gasteiger partial charge in [0.2, 0.25) is 0 Å². The zero-order chi connectivity index (χ0) is 15.0. The van der Waals surface area contributed by atoms with Crippen molar-refractivity contribution < 1.29 is 9.18 Å². The highest BCUT2D eigenvalue weighted by Gasteiger charge is 2.13. The lowest BCUT2D eigenvalue weighted by atomic mass is 10.0. The molecule has 0 unspecified atom stereocenters. The molecule has 1 heterocycles. The van der Waals surface area contributed by atoms with Crippen LogP contribution in [0.2, 0.25) is 0 Å². The van der Waals surface area contributed by atoms with Crippen LogP contribution in [0.15, 0.2) is 53.0 Å². The summed E-state index contributed by atoms with van der Waals surface area (Å²) < 4.78 is 13.6. The van der Waals surface area contributed by atoms with Crippen LogP contribution in [-0.4, -0.2) is 10.8 Å². The minimum absolute atomic E-state index is 0.149. The van der Waals surface area contributed by atoms with Crippen molar-refractivity contribution in [2.24, 2.45) is 0 Å². The molecule has 0 N–H and O–H groups in total. The predicted octanol–water partition coefficient (Wildman–Crippen LogP) is 4.68. The molecule has 0 fully saturated rings. The number of halogens is 2. The topological polar surface area (TPSA) is 30.0 Å². The van der Waals surface area contributed by atoms with Crippen molar-refractivity contribution >= 4 is 32.6 Å². The number of rotatable bonds is 2. The van der Waals surface area contributed by atoms with Crippen molar-refractivity contribution in [3.8, 4) is 0 Å². The molecule has 0 saturated heterocycles. The van der Waals surface area contributed by atoms with Crippen molar-refractivity contribution in [1.29, 1.82) is 0 Å². The summed E-state index contributed by atoms with van der Waals surface area (Å²) in [7, 11) is 0. The van der Waals surface area contributed by atoms with Gasteiger partial charge >= 0.3 is 0 Å². The Bertz CT molecular complexity index is 861.